The maximum absolute atomic E-state index is 13.8. The molecule has 1 atom stereocenters. The number of halogens is 10. The van der Waals surface area contributed by atoms with Gasteiger partial charge in [0.1, 0.15) is 0 Å². The van der Waals surface area contributed by atoms with Gasteiger partial charge in [-0.15, -0.1) is 0 Å². The van der Waals surface area contributed by atoms with Crippen LogP contribution in [0.25, 0.3) is 0 Å². The molecule has 1 aromatic heterocycles. The fraction of sp³-hybridized carbons (Fsp3) is 0.476. The van der Waals surface area contributed by atoms with Gasteiger partial charge in [0.15, 0.2) is 5.69 Å². The first kappa shape index (κ1) is 31.4. The number of aromatic nitrogens is 2. The molecule has 0 saturated carbocycles. The quantitative estimate of drug-likeness (QED) is 0.199. The summed E-state index contributed by atoms with van der Waals surface area (Å²) in [5.41, 5.74) is -8.00. The van der Waals surface area contributed by atoms with Crippen molar-refractivity contribution in [3.8, 4) is 0 Å². The maximum Gasteiger partial charge on any atom is 0.433 e. The maximum atomic E-state index is 13.8. The molecule has 17 heteroatoms. The molecule has 2 rings (SSSR count). The van der Waals surface area contributed by atoms with Crippen LogP contribution >= 0.6 is 15.9 Å². The van der Waals surface area contributed by atoms with Gasteiger partial charge >= 0.3 is 24.5 Å². The minimum Gasteiger partial charge on any atom is -0.466 e. The average Bonchev–Trinajstić information content (AvgIpc) is 2.78. The summed E-state index contributed by atoms with van der Waals surface area (Å²) in [6.45, 7) is 1.99. The molecule has 0 aliphatic carbocycles. The molecule has 0 fully saturated rings. The Morgan fingerprint density at radius 2 is 1.63 bits per heavy atom. The molecule has 1 unspecified atom stereocenters. The molecule has 7 nitrogen and oxygen atoms in total. The van der Waals surface area contributed by atoms with E-state index >= 15 is 0 Å². The van der Waals surface area contributed by atoms with Crippen molar-refractivity contribution in [3.63, 3.8) is 0 Å². The van der Waals surface area contributed by atoms with E-state index in [2.05, 4.69) is 25.7 Å². The Bertz CT molecular complexity index is 1230. The van der Waals surface area contributed by atoms with Crippen LogP contribution in [0.15, 0.2) is 27.5 Å². The lowest BCUT2D eigenvalue weighted by atomic mass is 10.1. The predicted octanol–water partition coefficient (Wildman–Crippen LogP) is 6.15. The second-order valence-electron chi connectivity index (χ2n) is 7.48. The molecule has 0 N–H and O–H groups in total. The van der Waals surface area contributed by atoms with E-state index in [4.69, 9.17) is 4.74 Å². The Morgan fingerprint density at radius 1 is 1.03 bits per heavy atom. The molecule has 38 heavy (non-hydrogen) atoms. The minimum atomic E-state index is -5.39. The van der Waals surface area contributed by atoms with Crippen LogP contribution in [-0.4, -0.2) is 35.5 Å². The zero-order valence-corrected chi connectivity index (χ0v) is 21.3. The van der Waals surface area contributed by atoms with E-state index in [1.807, 2.05) is 0 Å². The van der Waals surface area contributed by atoms with Crippen LogP contribution in [0.4, 0.5) is 51.1 Å². The minimum absolute atomic E-state index is 0.0723. The Hall–Kier alpha value is -2.82. The number of alkyl halides is 9. The first-order chi connectivity index (χ1) is 17.4. The molecule has 0 amide bonds. The van der Waals surface area contributed by atoms with Gasteiger partial charge in [0, 0.05) is 19.2 Å². The largest absolute Gasteiger partial charge is 0.466 e. The first-order valence-electron chi connectivity index (χ1n) is 10.5. The highest BCUT2D eigenvalue weighted by atomic mass is 79.9. The lowest BCUT2D eigenvalue weighted by Gasteiger charge is -2.33. The third-order valence-corrected chi connectivity index (χ3v) is 5.68. The number of ether oxygens (including phenoxy) is 2. The van der Waals surface area contributed by atoms with E-state index in [-0.39, 0.29) is 36.1 Å². The molecule has 0 saturated heterocycles. The van der Waals surface area contributed by atoms with Gasteiger partial charge in [0.2, 0.25) is 12.2 Å². The number of benzene rings is 1. The molecule has 0 bridgehead atoms. The van der Waals surface area contributed by atoms with Gasteiger partial charge in [-0.3, -0.25) is 14.3 Å². The van der Waals surface area contributed by atoms with Gasteiger partial charge in [-0.05, 0) is 41.4 Å². The summed E-state index contributed by atoms with van der Waals surface area (Å²) in [7, 11) is 0.799. The highest BCUT2D eigenvalue weighted by Crippen LogP contribution is 2.46. The second-order valence-corrected chi connectivity index (χ2v) is 8.28. The van der Waals surface area contributed by atoms with Gasteiger partial charge in [0.05, 0.1) is 28.4 Å². The van der Waals surface area contributed by atoms with Crippen molar-refractivity contribution in [2.24, 2.45) is 0 Å². The summed E-state index contributed by atoms with van der Waals surface area (Å²) in [4.78, 5) is 28.8. The molecular weight excluding hydrogens is 609 g/mol. The van der Waals surface area contributed by atoms with Crippen LogP contribution in [0.5, 0.6) is 0 Å². The molecule has 1 heterocycles. The van der Waals surface area contributed by atoms with E-state index in [1.54, 1.807) is 0 Å². The summed E-state index contributed by atoms with van der Waals surface area (Å²) in [5.74, 6) is -2.52. The number of esters is 1. The predicted molar refractivity (Wildman–Crippen MR) is 118 cm³/mol. The zero-order chi connectivity index (χ0) is 29.2. The van der Waals surface area contributed by atoms with Crippen LogP contribution in [0.3, 0.4) is 0 Å². The third kappa shape index (κ3) is 6.78. The zero-order valence-electron chi connectivity index (χ0n) is 19.7. The monoisotopic (exact) mass is 627 g/mol. The van der Waals surface area contributed by atoms with Gasteiger partial charge in [-0.2, -0.15) is 39.5 Å². The number of methoxy groups -OCH3 is 1. The molecule has 212 valence electrons. The van der Waals surface area contributed by atoms with Gasteiger partial charge in [-0.1, -0.05) is 6.92 Å². The Morgan fingerprint density at radius 3 is 2.08 bits per heavy atom. The van der Waals surface area contributed by atoms with E-state index in [0.717, 1.165) is 7.11 Å². The van der Waals surface area contributed by atoms with Crippen molar-refractivity contribution in [2.75, 3.05) is 18.6 Å². The lowest BCUT2D eigenvalue weighted by Crippen LogP contribution is -2.45. The van der Waals surface area contributed by atoms with E-state index < -0.39 is 75.8 Å². The fourth-order valence-electron chi connectivity index (χ4n) is 3.26. The molecule has 0 aliphatic heterocycles. The molecule has 0 spiro atoms. The number of carbonyl (C=O) groups is 1. The van der Waals surface area contributed by atoms with Crippen LogP contribution < -0.4 is 10.5 Å². The molecule has 0 radical (unpaired) electrons. The van der Waals surface area contributed by atoms with Crippen LogP contribution in [0.1, 0.15) is 37.1 Å². The van der Waals surface area contributed by atoms with E-state index in [0.29, 0.717) is 4.57 Å². The topological polar surface area (TPSA) is 73.7 Å². The summed E-state index contributed by atoms with van der Waals surface area (Å²) >= 11 is 2.57. The summed E-state index contributed by atoms with van der Waals surface area (Å²) in [5, 5.41) is 0. The molecular formula is C21H19BrF9N3O4. The van der Waals surface area contributed by atoms with E-state index in [9.17, 15) is 49.1 Å². The Balaban J connectivity index is 3.18. The number of anilines is 2. The van der Waals surface area contributed by atoms with Crippen molar-refractivity contribution in [2.45, 2.75) is 51.6 Å². The third-order valence-electron chi connectivity index (χ3n) is 4.85. The number of hydrogen-bond acceptors (Lipinski definition) is 6. The molecule has 0 aliphatic rings. The molecule has 2 aromatic rings. The van der Waals surface area contributed by atoms with Crippen molar-refractivity contribution >= 4 is 33.5 Å². The Labute approximate surface area is 217 Å². The summed E-state index contributed by atoms with van der Waals surface area (Å²) < 4.78 is 132. The lowest BCUT2D eigenvalue weighted by molar-refractivity contribution is -0.153. The highest BCUT2D eigenvalue weighted by Gasteiger charge is 2.43. The van der Waals surface area contributed by atoms with Crippen LogP contribution in [0.2, 0.25) is 0 Å². The number of carbonyl (C=O) groups excluding carboxylic acids is 1. The Kier molecular flexibility index (Phi) is 9.51. The summed E-state index contributed by atoms with van der Waals surface area (Å²) in [6, 6.07) is 0.0305. The smallest absolute Gasteiger partial charge is 0.433 e. The normalized spacial score (nSPS) is 13.4. The van der Waals surface area contributed by atoms with Crippen LogP contribution in [-0.2, 0) is 39.3 Å². The number of rotatable bonds is 8. The first-order valence-corrected chi connectivity index (χ1v) is 11.3. The van der Waals surface area contributed by atoms with Gasteiger partial charge in [-0.25, -0.2) is 9.78 Å². The SMILES string of the molecule is CCCn1c(N(c2cc(C(F)(F)F)cc(C(F)(F)F)c2Br)C(OCC)C(=O)OC)nc(C(F)(F)F)cc1=O. The van der Waals surface area contributed by atoms with Gasteiger partial charge in [0.25, 0.3) is 5.56 Å². The molecule has 1 aromatic carbocycles. The average molecular weight is 628 g/mol. The fourth-order valence-corrected chi connectivity index (χ4v) is 3.90. The van der Waals surface area contributed by atoms with E-state index in [1.165, 1.54) is 13.8 Å². The standard InChI is InChI=1S/C21H19BrF9N3O4/c1-4-6-33-14(35)9-13(21(29,30)31)32-18(33)34(16(38-5-2)17(36)37-3)12-8-10(19(23,24)25)7-11(15(12)22)20(26,27)28/h7-9,16H,4-6H2,1-3H3. The van der Waals surface area contributed by atoms with Crippen molar-refractivity contribution in [1.82, 2.24) is 9.55 Å². The van der Waals surface area contributed by atoms with Crippen LogP contribution in [0, 0.1) is 0 Å². The van der Waals surface area contributed by atoms with Crippen molar-refractivity contribution in [1.29, 1.82) is 0 Å². The highest BCUT2D eigenvalue weighted by molar-refractivity contribution is 9.10. The van der Waals surface area contributed by atoms with Crippen molar-refractivity contribution < 1.29 is 53.8 Å². The number of hydrogen-bond donors (Lipinski definition) is 0. The van der Waals surface area contributed by atoms with Gasteiger partial charge < -0.3 is 9.47 Å². The number of nitrogens with zero attached hydrogens (tertiary/aromatic N) is 3. The second kappa shape index (κ2) is 11.5. The van der Waals surface area contributed by atoms with Crippen molar-refractivity contribution in [3.05, 3.63) is 49.8 Å². The summed E-state index contributed by atoms with van der Waals surface area (Å²) in [6.07, 6.45) is -18.2.